The second-order valence-electron chi connectivity index (χ2n) is 12.0. The summed E-state index contributed by atoms with van der Waals surface area (Å²) in [6.07, 6.45) is 4.02. The molecule has 252 valence electrons. The second-order valence-corrected chi connectivity index (χ2v) is 13.9. The highest BCUT2D eigenvalue weighted by Crippen LogP contribution is 2.27. The number of nitrogens with one attached hydrogen (secondary N) is 1. The summed E-state index contributed by atoms with van der Waals surface area (Å²) in [5.41, 5.74) is 2.75. The van der Waals surface area contributed by atoms with Crippen LogP contribution in [0.1, 0.15) is 49.3 Å². The van der Waals surface area contributed by atoms with Gasteiger partial charge in [0, 0.05) is 19.0 Å². The van der Waals surface area contributed by atoms with Crippen LogP contribution in [0, 0.1) is 12.7 Å². The lowest BCUT2D eigenvalue weighted by molar-refractivity contribution is -0.140. The van der Waals surface area contributed by atoms with Gasteiger partial charge in [0.25, 0.3) is 10.0 Å². The maximum Gasteiger partial charge on any atom is 0.264 e. The number of benzene rings is 4. The molecule has 0 bridgehead atoms. The monoisotopic (exact) mass is 671 g/mol. The molecule has 1 saturated carbocycles. The van der Waals surface area contributed by atoms with Gasteiger partial charge >= 0.3 is 0 Å². The number of hydrogen-bond donors (Lipinski definition) is 1. The molecule has 0 radical (unpaired) electrons. The van der Waals surface area contributed by atoms with E-state index >= 15 is 0 Å². The zero-order chi connectivity index (χ0) is 34.1. The zero-order valence-electron chi connectivity index (χ0n) is 27.3. The molecule has 2 amide bonds. The van der Waals surface area contributed by atoms with Crippen LogP contribution in [0.2, 0.25) is 0 Å². The van der Waals surface area contributed by atoms with Crippen LogP contribution < -0.4 is 14.4 Å². The first-order valence-electron chi connectivity index (χ1n) is 16.3. The Hall–Kier alpha value is -4.70. The molecule has 0 aromatic heterocycles. The smallest absolute Gasteiger partial charge is 0.264 e. The first-order chi connectivity index (χ1) is 23.2. The van der Waals surface area contributed by atoms with Crippen molar-refractivity contribution in [2.24, 2.45) is 0 Å². The molecule has 1 N–H and O–H groups in total. The van der Waals surface area contributed by atoms with Gasteiger partial charge in [-0.2, -0.15) is 0 Å². The molecular weight excluding hydrogens is 629 g/mol. The Bertz CT molecular complexity index is 1780. The van der Waals surface area contributed by atoms with Crippen LogP contribution in [0.5, 0.6) is 5.75 Å². The second kappa shape index (κ2) is 15.9. The quantitative estimate of drug-likeness (QED) is 0.167. The van der Waals surface area contributed by atoms with Gasteiger partial charge in [0.2, 0.25) is 11.8 Å². The van der Waals surface area contributed by atoms with E-state index in [1.54, 1.807) is 12.1 Å². The summed E-state index contributed by atoms with van der Waals surface area (Å²) < 4.78 is 48.9. The fourth-order valence-electron chi connectivity index (χ4n) is 6.03. The van der Waals surface area contributed by atoms with Gasteiger partial charge in [-0.1, -0.05) is 67.4 Å². The van der Waals surface area contributed by atoms with Gasteiger partial charge in [0.15, 0.2) is 0 Å². The summed E-state index contributed by atoms with van der Waals surface area (Å²) in [5, 5.41) is 3.18. The van der Waals surface area contributed by atoms with E-state index in [2.05, 4.69) is 5.32 Å². The predicted molar refractivity (Wildman–Crippen MR) is 185 cm³/mol. The highest BCUT2D eigenvalue weighted by Gasteiger charge is 2.35. The molecule has 0 saturated heterocycles. The fourth-order valence-corrected chi connectivity index (χ4v) is 7.44. The molecule has 48 heavy (non-hydrogen) atoms. The van der Waals surface area contributed by atoms with Crippen LogP contribution in [-0.2, 0) is 32.6 Å². The number of ether oxygens (including phenoxy) is 1. The molecule has 4 aromatic rings. The standard InChI is InChI=1S/C38H42FN3O5S/c1-3-47-34-21-23-35(24-22-34)48(45,46)42(33-19-17-31(39)18-20-33)27-37(43)41(26-30-14-8-7-11-28(30)2)36(25-29-12-5-4-6-13-29)38(44)40-32-15-9-10-16-32/h4-8,11-14,17-24,32,36H,3,9-10,15-16,25-27H2,1-2H3,(H,40,44). The first kappa shape index (κ1) is 34.6. The van der Waals surface area contributed by atoms with Gasteiger partial charge in [0.1, 0.15) is 24.2 Å². The topological polar surface area (TPSA) is 96.0 Å². The summed E-state index contributed by atoms with van der Waals surface area (Å²) >= 11 is 0. The van der Waals surface area contributed by atoms with Gasteiger partial charge in [-0.3, -0.25) is 13.9 Å². The average Bonchev–Trinajstić information content (AvgIpc) is 3.60. The Labute approximate surface area is 282 Å². The fraction of sp³-hybridized carbons (Fsp3) is 0.316. The Morgan fingerprint density at radius 3 is 2.19 bits per heavy atom. The molecule has 4 aromatic carbocycles. The number of halogens is 1. The van der Waals surface area contributed by atoms with Gasteiger partial charge in [-0.25, -0.2) is 12.8 Å². The molecule has 0 spiro atoms. The van der Waals surface area contributed by atoms with E-state index in [9.17, 15) is 22.4 Å². The summed E-state index contributed by atoms with van der Waals surface area (Å²) in [6, 6.07) is 27.1. The van der Waals surface area contributed by atoms with Crippen molar-refractivity contribution < 1.29 is 27.1 Å². The first-order valence-corrected chi connectivity index (χ1v) is 17.8. The lowest BCUT2D eigenvalue weighted by Crippen LogP contribution is -2.54. The minimum absolute atomic E-state index is 0.0157. The van der Waals surface area contributed by atoms with Crippen molar-refractivity contribution in [3.63, 3.8) is 0 Å². The van der Waals surface area contributed by atoms with Crippen LogP contribution in [0.15, 0.2) is 108 Å². The molecule has 10 heteroatoms. The summed E-state index contributed by atoms with van der Waals surface area (Å²) in [6.45, 7) is 3.65. The average molecular weight is 672 g/mol. The molecule has 1 atom stereocenters. The van der Waals surface area contributed by atoms with Crippen molar-refractivity contribution in [2.75, 3.05) is 17.5 Å². The largest absolute Gasteiger partial charge is 0.494 e. The third kappa shape index (κ3) is 8.60. The highest BCUT2D eigenvalue weighted by molar-refractivity contribution is 7.92. The minimum atomic E-state index is -4.32. The number of carbonyl (C=O) groups is 2. The number of rotatable bonds is 14. The van der Waals surface area contributed by atoms with E-state index in [1.165, 1.54) is 29.2 Å². The molecule has 0 heterocycles. The Balaban J connectivity index is 1.56. The lowest BCUT2D eigenvalue weighted by atomic mass is 10.0. The molecule has 1 fully saturated rings. The summed E-state index contributed by atoms with van der Waals surface area (Å²) in [5.74, 6) is -0.895. The van der Waals surface area contributed by atoms with Crippen molar-refractivity contribution in [3.8, 4) is 5.75 Å². The third-order valence-corrected chi connectivity index (χ3v) is 10.5. The van der Waals surface area contributed by atoms with Crippen molar-refractivity contribution >= 4 is 27.5 Å². The maximum absolute atomic E-state index is 14.6. The molecule has 1 unspecified atom stereocenters. The molecule has 1 aliphatic rings. The van der Waals surface area contributed by atoms with Crippen LogP contribution >= 0.6 is 0 Å². The normalized spacial score (nSPS) is 13.9. The maximum atomic E-state index is 14.6. The highest BCUT2D eigenvalue weighted by atomic mass is 32.2. The van der Waals surface area contributed by atoms with E-state index in [-0.39, 0.29) is 35.5 Å². The molecule has 5 rings (SSSR count). The number of amides is 2. The van der Waals surface area contributed by atoms with Gasteiger partial charge < -0.3 is 15.0 Å². The summed E-state index contributed by atoms with van der Waals surface area (Å²) in [4.78, 5) is 30.2. The Morgan fingerprint density at radius 1 is 0.896 bits per heavy atom. The third-order valence-electron chi connectivity index (χ3n) is 8.69. The Kier molecular flexibility index (Phi) is 11.5. The lowest BCUT2D eigenvalue weighted by Gasteiger charge is -2.34. The summed E-state index contributed by atoms with van der Waals surface area (Å²) in [7, 11) is -4.32. The van der Waals surface area contributed by atoms with Crippen LogP contribution in [0.4, 0.5) is 10.1 Å². The van der Waals surface area contributed by atoms with Crippen molar-refractivity contribution in [3.05, 3.63) is 126 Å². The van der Waals surface area contributed by atoms with Crippen molar-refractivity contribution in [1.29, 1.82) is 0 Å². The molecule has 1 aliphatic carbocycles. The van der Waals surface area contributed by atoms with E-state index in [4.69, 9.17) is 4.74 Å². The van der Waals surface area contributed by atoms with E-state index in [0.29, 0.717) is 12.4 Å². The van der Waals surface area contributed by atoms with Crippen molar-refractivity contribution in [1.82, 2.24) is 10.2 Å². The molecule has 0 aliphatic heterocycles. The zero-order valence-corrected chi connectivity index (χ0v) is 28.2. The van der Waals surface area contributed by atoms with E-state index in [1.807, 2.05) is 68.4 Å². The van der Waals surface area contributed by atoms with Crippen LogP contribution in [0.3, 0.4) is 0 Å². The van der Waals surface area contributed by atoms with E-state index < -0.39 is 34.3 Å². The number of aryl methyl sites for hydroxylation is 1. The number of carbonyl (C=O) groups excluding carboxylic acids is 2. The number of nitrogens with zero attached hydrogens (tertiary/aromatic N) is 2. The van der Waals surface area contributed by atoms with Gasteiger partial charge in [-0.05, 0) is 91.9 Å². The van der Waals surface area contributed by atoms with Gasteiger partial charge in [0.05, 0.1) is 17.2 Å². The predicted octanol–water partition coefficient (Wildman–Crippen LogP) is 6.43. The van der Waals surface area contributed by atoms with Crippen LogP contribution in [-0.4, -0.2) is 50.4 Å². The van der Waals surface area contributed by atoms with Crippen molar-refractivity contribution in [2.45, 2.75) is 69.5 Å². The van der Waals surface area contributed by atoms with Gasteiger partial charge in [-0.15, -0.1) is 0 Å². The minimum Gasteiger partial charge on any atom is -0.494 e. The SMILES string of the molecule is CCOc1ccc(S(=O)(=O)N(CC(=O)N(Cc2ccccc2C)C(Cc2ccccc2)C(=O)NC2CCCC2)c2ccc(F)cc2)cc1. The van der Waals surface area contributed by atoms with E-state index in [0.717, 1.165) is 58.8 Å². The molecular formula is C38H42FN3O5S. The molecule has 8 nitrogen and oxygen atoms in total. The van der Waals surface area contributed by atoms with Crippen LogP contribution in [0.25, 0.3) is 0 Å². The number of anilines is 1. The number of hydrogen-bond acceptors (Lipinski definition) is 5. The Morgan fingerprint density at radius 2 is 1.54 bits per heavy atom. The number of sulfonamides is 1.